The summed E-state index contributed by atoms with van der Waals surface area (Å²) in [5, 5.41) is 10.8. The van der Waals surface area contributed by atoms with Gasteiger partial charge in [-0.15, -0.1) is 0 Å². The average Bonchev–Trinajstić information content (AvgIpc) is 2.40. The number of rotatable bonds is 8. The lowest BCUT2D eigenvalue weighted by Gasteiger charge is -2.17. The SMILES string of the molecule is CCN(CC)CCSCc1ccc(N)c([N+](=O)[O-])c1. The molecule has 0 aliphatic rings. The molecular weight excluding hydrogens is 262 g/mol. The summed E-state index contributed by atoms with van der Waals surface area (Å²) < 4.78 is 0. The van der Waals surface area contributed by atoms with E-state index >= 15 is 0 Å². The van der Waals surface area contributed by atoms with Crippen LogP contribution in [-0.2, 0) is 5.75 Å². The van der Waals surface area contributed by atoms with E-state index in [1.54, 1.807) is 23.9 Å². The lowest BCUT2D eigenvalue weighted by atomic mass is 10.2. The van der Waals surface area contributed by atoms with Gasteiger partial charge in [-0.05, 0) is 24.7 Å². The normalized spacial score (nSPS) is 10.9. The van der Waals surface area contributed by atoms with Crippen molar-refractivity contribution in [1.82, 2.24) is 4.90 Å². The Labute approximate surface area is 118 Å². The minimum absolute atomic E-state index is 0.00171. The first kappa shape index (κ1) is 15.8. The second-order valence-electron chi connectivity index (χ2n) is 4.23. The zero-order chi connectivity index (χ0) is 14.3. The van der Waals surface area contributed by atoms with Crippen LogP contribution in [0, 0.1) is 10.1 Å². The van der Waals surface area contributed by atoms with E-state index in [0.717, 1.165) is 36.7 Å². The number of nitro groups is 1. The Balaban J connectivity index is 2.46. The number of thioether (sulfide) groups is 1. The second kappa shape index (κ2) is 8.01. The van der Waals surface area contributed by atoms with Crippen LogP contribution in [0.4, 0.5) is 11.4 Å². The van der Waals surface area contributed by atoms with E-state index in [9.17, 15) is 10.1 Å². The molecule has 2 N–H and O–H groups in total. The van der Waals surface area contributed by atoms with Crippen LogP contribution in [0.1, 0.15) is 19.4 Å². The van der Waals surface area contributed by atoms with Crippen molar-refractivity contribution in [2.24, 2.45) is 0 Å². The van der Waals surface area contributed by atoms with E-state index in [-0.39, 0.29) is 11.4 Å². The van der Waals surface area contributed by atoms with E-state index in [4.69, 9.17) is 5.73 Å². The molecule has 1 rings (SSSR count). The van der Waals surface area contributed by atoms with Gasteiger partial charge in [-0.3, -0.25) is 10.1 Å². The predicted octanol–water partition coefficient (Wildman–Crippen LogP) is 2.75. The highest BCUT2D eigenvalue weighted by molar-refractivity contribution is 7.98. The summed E-state index contributed by atoms with van der Waals surface area (Å²) in [4.78, 5) is 12.7. The molecule has 0 aromatic heterocycles. The molecule has 0 spiro atoms. The van der Waals surface area contributed by atoms with Crippen molar-refractivity contribution in [3.63, 3.8) is 0 Å². The van der Waals surface area contributed by atoms with Crippen molar-refractivity contribution in [1.29, 1.82) is 0 Å². The van der Waals surface area contributed by atoms with Crippen molar-refractivity contribution in [2.45, 2.75) is 19.6 Å². The van der Waals surface area contributed by atoms with Crippen LogP contribution in [-0.4, -0.2) is 35.2 Å². The van der Waals surface area contributed by atoms with Crippen molar-refractivity contribution >= 4 is 23.1 Å². The van der Waals surface area contributed by atoms with E-state index in [0.29, 0.717) is 0 Å². The van der Waals surface area contributed by atoms with Gasteiger partial charge in [-0.25, -0.2) is 0 Å². The monoisotopic (exact) mass is 283 g/mol. The Morgan fingerprint density at radius 3 is 2.63 bits per heavy atom. The number of hydrogen-bond donors (Lipinski definition) is 1. The van der Waals surface area contributed by atoms with Gasteiger partial charge in [0.1, 0.15) is 5.69 Å². The Kier molecular flexibility index (Phi) is 6.66. The molecule has 0 aliphatic carbocycles. The number of benzene rings is 1. The van der Waals surface area contributed by atoms with Crippen LogP contribution in [0.15, 0.2) is 18.2 Å². The second-order valence-corrected chi connectivity index (χ2v) is 5.33. The van der Waals surface area contributed by atoms with Gasteiger partial charge in [-0.2, -0.15) is 11.8 Å². The molecule has 1 aromatic carbocycles. The molecule has 6 heteroatoms. The standard InChI is InChI=1S/C13H21N3O2S/c1-3-15(4-2)7-8-19-10-11-5-6-12(14)13(9-11)16(17)18/h5-6,9H,3-4,7-8,10,14H2,1-2H3. The predicted molar refractivity (Wildman–Crippen MR) is 81.5 cm³/mol. The third-order valence-electron chi connectivity index (χ3n) is 3.01. The fourth-order valence-electron chi connectivity index (χ4n) is 1.76. The van der Waals surface area contributed by atoms with Gasteiger partial charge in [0, 0.05) is 24.1 Å². The summed E-state index contributed by atoms with van der Waals surface area (Å²) in [7, 11) is 0. The molecule has 0 radical (unpaired) electrons. The molecule has 0 bridgehead atoms. The molecule has 106 valence electrons. The highest BCUT2D eigenvalue weighted by Gasteiger charge is 2.11. The van der Waals surface area contributed by atoms with E-state index < -0.39 is 4.92 Å². The molecular formula is C13H21N3O2S. The molecule has 5 nitrogen and oxygen atoms in total. The van der Waals surface area contributed by atoms with Gasteiger partial charge in [0.2, 0.25) is 0 Å². The summed E-state index contributed by atoms with van der Waals surface area (Å²) in [6.07, 6.45) is 0. The highest BCUT2D eigenvalue weighted by Crippen LogP contribution is 2.24. The van der Waals surface area contributed by atoms with Crippen LogP contribution >= 0.6 is 11.8 Å². The van der Waals surface area contributed by atoms with Crippen molar-refractivity contribution < 1.29 is 4.92 Å². The maximum atomic E-state index is 10.8. The van der Waals surface area contributed by atoms with E-state index in [1.807, 2.05) is 6.07 Å². The van der Waals surface area contributed by atoms with Crippen LogP contribution in [0.3, 0.4) is 0 Å². The molecule has 1 aromatic rings. The first-order valence-corrected chi connectivity index (χ1v) is 7.56. The minimum Gasteiger partial charge on any atom is -0.393 e. The maximum absolute atomic E-state index is 10.8. The molecule has 0 atom stereocenters. The summed E-state index contributed by atoms with van der Waals surface area (Å²) in [5.41, 5.74) is 6.74. The smallest absolute Gasteiger partial charge is 0.292 e. The minimum atomic E-state index is -0.431. The topological polar surface area (TPSA) is 72.4 Å². The fourth-order valence-corrected chi connectivity index (χ4v) is 2.71. The number of hydrogen-bond acceptors (Lipinski definition) is 5. The quantitative estimate of drug-likeness (QED) is 0.344. The number of anilines is 1. The van der Waals surface area contributed by atoms with Crippen LogP contribution < -0.4 is 5.73 Å². The number of nitrogen functional groups attached to an aromatic ring is 1. The Morgan fingerprint density at radius 2 is 2.05 bits per heavy atom. The lowest BCUT2D eigenvalue weighted by molar-refractivity contribution is -0.383. The molecule has 0 amide bonds. The molecule has 0 saturated heterocycles. The van der Waals surface area contributed by atoms with Crippen molar-refractivity contribution in [3.8, 4) is 0 Å². The largest absolute Gasteiger partial charge is 0.393 e. The van der Waals surface area contributed by atoms with Gasteiger partial charge in [0.25, 0.3) is 5.69 Å². The average molecular weight is 283 g/mol. The molecule has 0 aliphatic heterocycles. The Bertz CT molecular complexity index is 422. The molecule has 0 unspecified atom stereocenters. The summed E-state index contributed by atoms with van der Waals surface area (Å²) in [6.45, 7) is 7.47. The first-order chi connectivity index (χ1) is 9.08. The zero-order valence-corrected chi connectivity index (χ0v) is 12.3. The number of nitrogens with two attached hydrogens (primary N) is 1. The van der Waals surface area contributed by atoms with Crippen LogP contribution in [0.5, 0.6) is 0 Å². The van der Waals surface area contributed by atoms with Gasteiger partial charge in [0.05, 0.1) is 4.92 Å². The third-order valence-corrected chi connectivity index (χ3v) is 4.02. The third kappa shape index (κ3) is 5.08. The maximum Gasteiger partial charge on any atom is 0.292 e. The van der Waals surface area contributed by atoms with Gasteiger partial charge in [0.15, 0.2) is 0 Å². The van der Waals surface area contributed by atoms with Crippen LogP contribution in [0.25, 0.3) is 0 Å². The fraction of sp³-hybridized carbons (Fsp3) is 0.538. The Hall–Kier alpha value is -1.27. The van der Waals surface area contributed by atoms with Crippen molar-refractivity contribution in [2.75, 3.05) is 31.1 Å². The number of nitrogens with zero attached hydrogens (tertiary/aromatic N) is 2. The van der Waals surface area contributed by atoms with Crippen molar-refractivity contribution in [3.05, 3.63) is 33.9 Å². The summed E-state index contributed by atoms with van der Waals surface area (Å²) >= 11 is 1.79. The summed E-state index contributed by atoms with van der Waals surface area (Å²) in [5.74, 6) is 1.81. The van der Waals surface area contributed by atoms with Gasteiger partial charge < -0.3 is 10.6 Å². The lowest BCUT2D eigenvalue weighted by Crippen LogP contribution is -2.25. The highest BCUT2D eigenvalue weighted by atomic mass is 32.2. The van der Waals surface area contributed by atoms with E-state index in [2.05, 4.69) is 18.7 Å². The molecule has 0 saturated carbocycles. The Morgan fingerprint density at radius 1 is 1.37 bits per heavy atom. The molecule has 0 heterocycles. The first-order valence-electron chi connectivity index (χ1n) is 6.41. The summed E-state index contributed by atoms with van der Waals surface area (Å²) in [6, 6.07) is 5.03. The van der Waals surface area contributed by atoms with Gasteiger partial charge in [-0.1, -0.05) is 19.9 Å². The number of nitro benzene ring substituents is 1. The van der Waals surface area contributed by atoms with Gasteiger partial charge >= 0.3 is 0 Å². The molecule has 0 fully saturated rings. The van der Waals surface area contributed by atoms with E-state index in [1.165, 1.54) is 0 Å². The zero-order valence-electron chi connectivity index (χ0n) is 11.5. The molecule has 19 heavy (non-hydrogen) atoms. The van der Waals surface area contributed by atoms with Crippen LogP contribution in [0.2, 0.25) is 0 Å².